The number of halogens is 2. The Morgan fingerprint density at radius 3 is 2.58 bits per heavy atom. The Kier molecular flexibility index (Phi) is 8.14. The van der Waals surface area contributed by atoms with E-state index in [1.54, 1.807) is 30.3 Å². The van der Waals surface area contributed by atoms with Gasteiger partial charge in [-0.05, 0) is 63.3 Å². The minimum atomic E-state index is -1.34. The molecule has 2 heterocycles. The highest BCUT2D eigenvalue weighted by Gasteiger charge is 2.17. The van der Waals surface area contributed by atoms with Crippen molar-refractivity contribution in [2.75, 3.05) is 37.0 Å². The Morgan fingerprint density at radius 1 is 1.14 bits per heavy atom. The average Bonchev–Trinajstić information content (AvgIpc) is 2.84. The van der Waals surface area contributed by atoms with E-state index >= 15 is 4.39 Å². The largest absolute Gasteiger partial charge is 0.493 e. The minimum Gasteiger partial charge on any atom is -0.493 e. The standard InChI is InChI=1S/C26H31F2N5O3/c1-26(2,28)9-10-29-25(34)33-19-5-3-18(4-6-19)32-24-23-21(27)13-20(14-22(23)30-16-31-24)36-15-17-7-11-35-12-8-17/h3-6,13-14,16-17H,7-12,15H2,1-2H3,(H2,29,33,34)(H,30,31,32). The summed E-state index contributed by atoms with van der Waals surface area (Å²) in [6.07, 6.45) is 3.45. The topological polar surface area (TPSA) is 97.4 Å². The average molecular weight is 500 g/mol. The number of amides is 2. The number of anilines is 3. The van der Waals surface area contributed by atoms with Crippen LogP contribution in [-0.4, -0.2) is 48.0 Å². The molecule has 8 nitrogen and oxygen atoms in total. The molecule has 0 unspecified atom stereocenters. The molecule has 3 aromatic rings. The molecule has 2 aromatic carbocycles. The highest BCUT2D eigenvalue weighted by atomic mass is 19.1. The van der Waals surface area contributed by atoms with E-state index in [-0.39, 0.29) is 18.4 Å². The van der Waals surface area contributed by atoms with Gasteiger partial charge >= 0.3 is 6.03 Å². The maximum Gasteiger partial charge on any atom is 0.319 e. The summed E-state index contributed by atoms with van der Waals surface area (Å²) in [5.41, 5.74) is 0.299. The summed E-state index contributed by atoms with van der Waals surface area (Å²) < 4.78 is 39.8. The lowest BCUT2D eigenvalue weighted by molar-refractivity contribution is 0.0497. The molecular weight excluding hydrogens is 468 g/mol. The second-order valence-electron chi connectivity index (χ2n) is 9.44. The highest BCUT2D eigenvalue weighted by Crippen LogP contribution is 2.30. The molecule has 2 amide bonds. The monoisotopic (exact) mass is 499 g/mol. The number of urea groups is 1. The highest BCUT2D eigenvalue weighted by molar-refractivity contribution is 5.92. The van der Waals surface area contributed by atoms with Crippen LogP contribution in [0.5, 0.6) is 5.75 Å². The Labute approximate surface area is 208 Å². The first-order valence-electron chi connectivity index (χ1n) is 12.0. The predicted molar refractivity (Wildman–Crippen MR) is 135 cm³/mol. The number of hydrogen-bond donors (Lipinski definition) is 3. The van der Waals surface area contributed by atoms with E-state index in [1.165, 1.54) is 26.2 Å². The summed E-state index contributed by atoms with van der Waals surface area (Å²) in [5.74, 6) is 0.663. The van der Waals surface area contributed by atoms with E-state index in [9.17, 15) is 9.18 Å². The molecule has 4 rings (SSSR count). The van der Waals surface area contributed by atoms with Gasteiger partial charge in [0.2, 0.25) is 0 Å². The third kappa shape index (κ3) is 7.24. The molecule has 0 aliphatic carbocycles. The fraction of sp³-hybridized carbons (Fsp3) is 0.423. The fourth-order valence-electron chi connectivity index (χ4n) is 3.85. The lowest BCUT2D eigenvalue weighted by Crippen LogP contribution is -2.32. The predicted octanol–water partition coefficient (Wildman–Crippen LogP) is 5.58. The van der Waals surface area contributed by atoms with Gasteiger partial charge < -0.3 is 25.4 Å². The summed E-state index contributed by atoms with van der Waals surface area (Å²) >= 11 is 0. The van der Waals surface area contributed by atoms with Crippen molar-refractivity contribution in [2.45, 2.75) is 38.8 Å². The van der Waals surface area contributed by atoms with E-state index < -0.39 is 17.5 Å². The molecule has 192 valence electrons. The summed E-state index contributed by atoms with van der Waals surface area (Å²) in [4.78, 5) is 20.4. The van der Waals surface area contributed by atoms with Crippen LogP contribution in [0.3, 0.4) is 0 Å². The van der Waals surface area contributed by atoms with E-state index in [0.717, 1.165) is 26.1 Å². The third-order valence-electron chi connectivity index (χ3n) is 5.90. The molecule has 0 bridgehead atoms. The summed E-state index contributed by atoms with van der Waals surface area (Å²) in [6.45, 7) is 5.12. The number of nitrogens with zero attached hydrogens (tertiary/aromatic N) is 2. The molecule has 0 radical (unpaired) electrons. The van der Waals surface area contributed by atoms with Crippen LogP contribution in [0.1, 0.15) is 33.1 Å². The van der Waals surface area contributed by atoms with Gasteiger partial charge in [-0.25, -0.2) is 23.5 Å². The first kappa shape index (κ1) is 25.6. The van der Waals surface area contributed by atoms with Crippen molar-refractivity contribution >= 4 is 34.1 Å². The Balaban J connectivity index is 1.38. The van der Waals surface area contributed by atoms with Gasteiger partial charge in [-0.3, -0.25) is 0 Å². The second-order valence-corrected chi connectivity index (χ2v) is 9.44. The van der Waals surface area contributed by atoms with E-state index in [2.05, 4.69) is 25.9 Å². The molecule has 1 aromatic heterocycles. The number of ether oxygens (including phenoxy) is 2. The molecule has 1 aliphatic rings. The van der Waals surface area contributed by atoms with Crippen LogP contribution in [0.15, 0.2) is 42.7 Å². The van der Waals surface area contributed by atoms with Crippen molar-refractivity contribution in [3.8, 4) is 5.75 Å². The van der Waals surface area contributed by atoms with Gasteiger partial charge in [0.15, 0.2) is 0 Å². The van der Waals surface area contributed by atoms with Crippen LogP contribution in [0.25, 0.3) is 10.9 Å². The zero-order valence-corrected chi connectivity index (χ0v) is 20.4. The maximum atomic E-state index is 15.1. The zero-order valence-electron chi connectivity index (χ0n) is 20.4. The van der Waals surface area contributed by atoms with Gasteiger partial charge in [0.25, 0.3) is 0 Å². The summed E-state index contributed by atoms with van der Waals surface area (Å²) in [6, 6.07) is 9.51. The van der Waals surface area contributed by atoms with Crippen molar-refractivity contribution in [3.63, 3.8) is 0 Å². The molecule has 1 fully saturated rings. The molecule has 10 heteroatoms. The Hall–Kier alpha value is -3.53. The number of carbonyl (C=O) groups excluding carboxylic acids is 1. The first-order chi connectivity index (χ1) is 17.3. The first-order valence-corrected chi connectivity index (χ1v) is 12.0. The molecule has 1 saturated heterocycles. The molecule has 0 spiro atoms. The smallest absolute Gasteiger partial charge is 0.319 e. The van der Waals surface area contributed by atoms with Crippen molar-refractivity contribution in [1.29, 1.82) is 0 Å². The quantitative estimate of drug-likeness (QED) is 0.356. The number of fused-ring (bicyclic) bond motifs is 1. The van der Waals surface area contributed by atoms with Crippen molar-refractivity contribution in [3.05, 3.63) is 48.5 Å². The van der Waals surface area contributed by atoms with Crippen LogP contribution in [0.4, 0.5) is 30.8 Å². The van der Waals surface area contributed by atoms with E-state index in [1.807, 2.05) is 0 Å². The van der Waals surface area contributed by atoms with Crippen LogP contribution in [0, 0.1) is 11.7 Å². The van der Waals surface area contributed by atoms with Crippen molar-refractivity contribution < 1.29 is 23.0 Å². The number of carbonyl (C=O) groups is 1. The van der Waals surface area contributed by atoms with Crippen LogP contribution in [0.2, 0.25) is 0 Å². The summed E-state index contributed by atoms with van der Waals surface area (Å²) in [7, 11) is 0. The van der Waals surface area contributed by atoms with Crippen molar-refractivity contribution in [1.82, 2.24) is 15.3 Å². The molecule has 0 saturated carbocycles. The molecular formula is C26H31F2N5O3. The maximum absolute atomic E-state index is 15.1. The number of alkyl halides is 1. The lowest BCUT2D eigenvalue weighted by Gasteiger charge is -2.22. The Bertz CT molecular complexity index is 1180. The number of benzene rings is 2. The SMILES string of the molecule is CC(C)(F)CCNC(=O)Nc1ccc(Nc2ncnc3cc(OCC4CCOCC4)cc(F)c23)cc1. The van der Waals surface area contributed by atoms with Crippen LogP contribution in [-0.2, 0) is 4.74 Å². The number of aromatic nitrogens is 2. The number of hydrogen-bond acceptors (Lipinski definition) is 6. The van der Waals surface area contributed by atoms with Crippen LogP contribution < -0.4 is 20.7 Å². The van der Waals surface area contributed by atoms with Gasteiger partial charge in [0.05, 0.1) is 17.5 Å². The van der Waals surface area contributed by atoms with Gasteiger partial charge in [0.1, 0.15) is 29.4 Å². The molecule has 1 aliphatic heterocycles. The van der Waals surface area contributed by atoms with Gasteiger partial charge in [-0.1, -0.05) is 0 Å². The normalized spacial score (nSPS) is 14.4. The molecule has 36 heavy (non-hydrogen) atoms. The van der Waals surface area contributed by atoms with Gasteiger partial charge in [0, 0.05) is 43.3 Å². The van der Waals surface area contributed by atoms with Gasteiger partial charge in [-0.2, -0.15) is 0 Å². The van der Waals surface area contributed by atoms with E-state index in [0.29, 0.717) is 41.0 Å². The van der Waals surface area contributed by atoms with E-state index in [4.69, 9.17) is 9.47 Å². The summed E-state index contributed by atoms with van der Waals surface area (Å²) in [5, 5.41) is 8.68. The number of nitrogens with one attached hydrogen (secondary N) is 3. The molecule has 0 atom stereocenters. The minimum absolute atomic E-state index is 0.219. The Morgan fingerprint density at radius 2 is 1.86 bits per heavy atom. The second kappa shape index (κ2) is 11.5. The number of rotatable bonds is 9. The fourth-order valence-corrected chi connectivity index (χ4v) is 3.85. The van der Waals surface area contributed by atoms with Crippen LogP contribution >= 0.6 is 0 Å². The molecule has 3 N–H and O–H groups in total. The third-order valence-corrected chi connectivity index (χ3v) is 5.90. The van der Waals surface area contributed by atoms with Gasteiger partial charge in [-0.15, -0.1) is 0 Å². The zero-order chi connectivity index (χ0) is 25.5. The lowest BCUT2D eigenvalue weighted by atomic mass is 10.0. The van der Waals surface area contributed by atoms with Crippen molar-refractivity contribution in [2.24, 2.45) is 5.92 Å².